The molecule has 0 fully saturated rings. The molecule has 166 valence electrons. The Kier molecular flexibility index (Phi) is 5.97. The Morgan fingerprint density at radius 1 is 1.48 bits per heavy atom. The summed E-state index contributed by atoms with van der Waals surface area (Å²) in [5.74, 6) is -0.461. The highest BCUT2D eigenvalue weighted by Gasteiger charge is 2.49. The number of pyridine rings is 1. The van der Waals surface area contributed by atoms with E-state index in [0.717, 1.165) is 5.57 Å². The second-order valence-corrected chi connectivity index (χ2v) is 9.59. The first-order chi connectivity index (χ1) is 14.7. The summed E-state index contributed by atoms with van der Waals surface area (Å²) in [6, 6.07) is 1.65. The van der Waals surface area contributed by atoms with Crippen LogP contribution in [-0.4, -0.2) is 46.7 Å². The highest BCUT2D eigenvalue weighted by molar-refractivity contribution is 14.1. The number of alkyl halides is 1. The van der Waals surface area contributed by atoms with E-state index in [1.165, 1.54) is 4.57 Å². The summed E-state index contributed by atoms with van der Waals surface area (Å²) in [4.78, 5) is 31.1. The number of cyclic esters (lactones) is 1. The molecule has 1 aromatic heterocycles. The number of ether oxygens (including phenoxy) is 3. The molecule has 31 heavy (non-hydrogen) atoms. The molecule has 0 amide bonds. The third-order valence-corrected chi connectivity index (χ3v) is 6.86. The lowest BCUT2D eigenvalue weighted by molar-refractivity contribution is -0.167. The molecule has 1 aromatic rings. The van der Waals surface area contributed by atoms with Gasteiger partial charge in [-0.3, -0.25) is 14.4 Å². The van der Waals surface area contributed by atoms with Crippen molar-refractivity contribution in [2.75, 3.05) is 13.2 Å². The van der Waals surface area contributed by atoms with E-state index in [9.17, 15) is 14.7 Å². The average Bonchev–Trinajstić information content (AvgIpc) is 3.01. The van der Waals surface area contributed by atoms with Crippen LogP contribution in [0.15, 0.2) is 40.2 Å². The summed E-state index contributed by atoms with van der Waals surface area (Å²) >= 11 is 1.92. The number of rotatable bonds is 6. The van der Waals surface area contributed by atoms with Crippen molar-refractivity contribution in [1.29, 1.82) is 0 Å². The van der Waals surface area contributed by atoms with Crippen molar-refractivity contribution in [1.82, 2.24) is 4.57 Å². The smallest absolute Gasteiger partial charge is 0.354 e. The molecule has 3 unspecified atom stereocenters. The van der Waals surface area contributed by atoms with Gasteiger partial charge in [0.05, 0.1) is 42.3 Å². The van der Waals surface area contributed by atoms with Gasteiger partial charge in [-0.2, -0.15) is 0 Å². The maximum Gasteiger partial charge on any atom is 0.354 e. The molecule has 4 heterocycles. The number of esters is 1. The lowest BCUT2D eigenvalue weighted by Gasteiger charge is -2.33. The molecule has 0 saturated carbocycles. The maximum absolute atomic E-state index is 13.6. The van der Waals surface area contributed by atoms with E-state index < -0.39 is 15.8 Å². The van der Waals surface area contributed by atoms with Gasteiger partial charge in [0.1, 0.15) is 6.61 Å². The fraction of sp³-hybridized carbons (Fsp3) is 0.500. The number of fused-ring (bicyclic) bond motifs is 4. The quantitative estimate of drug-likeness (QED) is 0.258. The van der Waals surface area contributed by atoms with Crippen molar-refractivity contribution in [3.05, 3.63) is 57.5 Å². The summed E-state index contributed by atoms with van der Waals surface area (Å²) in [6.45, 7) is 9.31. The van der Waals surface area contributed by atoms with Crippen molar-refractivity contribution in [3.63, 3.8) is 0 Å². The molecule has 0 aromatic carbocycles. The van der Waals surface area contributed by atoms with E-state index in [0.29, 0.717) is 22.5 Å². The van der Waals surface area contributed by atoms with Crippen molar-refractivity contribution in [2.24, 2.45) is 10.9 Å². The van der Waals surface area contributed by atoms with Crippen LogP contribution in [0.4, 0.5) is 0 Å². The van der Waals surface area contributed by atoms with Crippen LogP contribution in [0.2, 0.25) is 0 Å². The lowest BCUT2D eigenvalue weighted by Crippen LogP contribution is -2.44. The number of aromatic nitrogens is 1. The molecule has 0 aliphatic carbocycles. The van der Waals surface area contributed by atoms with Crippen LogP contribution >= 0.6 is 22.6 Å². The number of aliphatic hydroxyl groups excluding tert-OH is 1. The topological polar surface area (TPSA) is 99.4 Å². The second-order valence-electron chi connectivity index (χ2n) is 8.07. The molecule has 3 aliphatic heterocycles. The Morgan fingerprint density at radius 3 is 2.87 bits per heavy atom. The molecular formula is C22H25IN2O6. The first kappa shape index (κ1) is 22.4. The SMILES string of the molecule is C=CC1N=C2C(=CC1C)C(OCCO)n1c2cc2c(c1=O)COC(=O)[C@@]2(I)OC(C)C. The number of dihydropyridines is 1. The number of carbonyl (C=O) groups is 1. The van der Waals surface area contributed by atoms with Gasteiger partial charge in [-0.1, -0.05) is 19.1 Å². The van der Waals surface area contributed by atoms with Gasteiger partial charge in [0.15, 0.2) is 6.23 Å². The van der Waals surface area contributed by atoms with Crippen molar-refractivity contribution < 1.29 is 24.1 Å². The first-order valence-corrected chi connectivity index (χ1v) is 11.3. The lowest BCUT2D eigenvalue weighted by atomic mass is 9.92. The van der Waals surface area contributed by atoms with Gasteiger partial charge in [0.2, 0.25) is 3.61 Å². The van der Waals surface area contributed by atoms with Gasteiger partial charge in [-0.25, -0.2) is 4.79 Å². The van der Waals surface area contributed by atoms with E-state index in [-0.39, 0.29) is 43.4 Å². The molecule has 3 aliphatic rings. The number of aliphatic imine (C=N–C) groups is 1. The third-order valence-electron chi connectivity index (χ3n) is 5.58. The zero-order valence-corrected chi connectivity index (χ0v) is 19.8. The molecule has 0 saturated heterocycles. The standard InChI is InChI=1S/C22H25IN2O6/c1-5-16-12(4)8-13-18(24-16)17-9-15-14(19(27)25(17)20(13)29-7-6-26)10-30-21(28)22(15,23)31-11(2)3/h5,8-9,11-12,16,20,26H,1,6-7,10H2,2-4H3/t12?,16?,20?,22-/m0/s1. The zero-order chi connectivity index (χ0) is 22.5. The van der Waals surface area contributed by atoms with Gasteiger partial charge in [0.25, 0.3) is 5.56 Å². The van der Waals surface area contributed by atoms with Crippen LogP contribution in [0.3, 0.4) is 0 Å². The van der Waals surface area contributed by atoms with Crippen molar-refractivity contribution in [3.8, 4) is 0 Å². The van der Waals surface area contributed by atoms with Gasteiger partial charge in [-0.05, 0) is 42.5 Å². The highest BCUT2D eigenvalue weighted by atomic mass is 127. The Bertz CT molecular complexity index is 1060. The van der Waals surface area contributed by atoms with Crippen LogP contribution in [0.5, 0.6) is 0 Å². The average molecular weight is 540 g/mol. The van der Waals surface area contributed by atoms with Crippen LogP contribution in [0, 0.1) is 5.92 Å². The van der Waals surface area contributed by atoms with Crippen LogP contribution in [-0.2, 0) is 29.2 Å². The van der Waals surface area contributed by atoms with E-state index in [2.05, 4.69) is 6.58 Å². The molecule has 9 heteroatoms. The summed E-state index contributed by atoms with van der Waals surface area (Å²) in [7, 11) is 0. The number of nitrogens with zero attached hydrogens (tertiary/aromatic N) is 2. The van der Waals surface area contributed by atoms with Crippen molar-refractivity contribution >= 4 is 34.3 Å². The molecule has 4 atom stereocenters. The van der Waals surface area contributed by atoms with Crippen LogP contribution < -0.4 is 5.56 Å². The first-order valence-electron chi connectivity index (χ1n) is 10.2. The summed E-state index contributed by atoms with van der Waals surface area (Å²) < 4.78 is 17.2. The normalized spacial score (nSPS) is 29.0. The number of hydrogen-bond donors (Lipinski definition) is 1. The second kappa shape index (κ2) is 8.27. The Hall–Kier alpha value is -1.82. The summed E-state index contributed by atoms with van der Waals surface area (Å²) in [5.41, 5.74) is 2.47. The number of hydrogen-bond acceptors (Lipinski definition) is 7. The number of halogens is 1. The molecule has 0 spiro atoms. The minimum atomic E-state index is -1.43. The monoisotopic (exact) mass is 540 g/mol. The number of carbonyl (C=O) groups excluding carboxylic acids is 1. The fourth-order valence-corrected chi connectivity index (χ4v) is 5.38. The largest absolute Gasteiger partial charge is 0.458 e. The highest BCUT2D eigenvalue weighted by Crippen LogP contribution is 2.44. The van der Waals surface area contributed by atoms with Crippen LogP contribution in [0.25, 0.3) is 0 Å². The third kappa shape index (κ3) is 3.51. The summed E-state index contributed by atoms with van der Waals surface area (Å²) in [5, 5.41) is 9.30. The molecule has 4 rings (SSSR count). The van der Waals surface area contributed by atoms with E-state index >= 15 is 0 Å². The van der Waals surface area contributed by atoms with Gasteiger partial charge >= 0.3 is 5.97 Å². The zero-order valence-electron chi connectivity index (χ0n) is 17.6. The Morgan fingerprint density at radius 2 is 2.23 bits per heavy atom. The predicted octanol–water partition coefficient (Wildman–Crippen LogP) is 2.36. The van der Waals surface area contributed by atoms with Gasteiger partial charge < -0.3 is 19.3 Å². The summed E-state index contributed by atoms with van der Waals surface area (Å²) in [6.07, 6.45) is 2.83. The van der Waals surface area contributed by atoms with E-state index in [1.54, 1.807) is 12.1 Å². The molecule has 0 bridgehead atoms. The van der Waals surface area contributed by atoms with E-state index in [1.807, 2.05) is 49.4 Å². The molecular weight excluding hydrogens is 515 g/mol. The van der Waals surface area contributed by atoms with E-state index in [4.69, 9.17) is 19.2 Å². The minimum absolute atomic E-state index is 0.0686. The molecule has 0 radical (unpaired) electrons. The van der Waals surface area contributed by atoms with Crippen molar-refractivity contribution in [2.45, 2.75) is 49.4 Å². The Balaban J connectivity index is 1.97. The fourth-order valence-electron chi connectivity index (χ4n) is 4.23. The number of aliphatic hydroxyl groups is 1. The predicted molar refractivity (Wildman–Crippen MR) is 122 cm³/mol. The maximum atomic E-state index is 13.6. The molecule has 8 nitrogen and oxygen atoms in total. The van der Waals surface area contributed by atoms with Gasteiger partial charge in [-0.15, -0.1) is 6.58 Å². The minimum Gasteiger partial charge on any atom is -0.458 e. The Labute approximate surface area is 193 Å². The van der Waals surface area contributed by atoms with Crippen LogP contribution in [0.1, 0.15) is 43.8 Å². The van der Waals surface area contributed by atoms with Gasteiger partial charge in [0, 0.05) is 17.1 Å². The molecule has 1 N–H and O–H groups in total.